The molecule has 0 bridgehead atoms. The summed E-state index contributed by atoms with van der Waals surface area (Å²) in [6.07, 6.45) is 1.51. The van der Waals surface area contributed by atoms with Crippen LogP contribution in [0.25, 0.3) is 0 Å². The van der Waals surface area contributed by atoms with Gasteiger partial charge in [-0.25, -0.2) is 15.1 Å². The van der Waals surface area contributed by atoms with Crippen LogP contribution in [0, 0.1) is 10.1 Å². The highest BCUT2D eigenvalue weighted by Crippen LogP contribution is 2.25. The van der Waals surface area contributed by atoms with Gasteiger partial charge in [0.25, 0.3) is 5.96 Å². The first-order chi connectivity index (χ1) is 7.04. The summed E-state index contributed by atoms with van der Waals surface area (Å²) in [5, 5.41) is 10.2. The van der Waals surface area contributed by atoms with Gasteiger partial charge in [-0.3, -0.25) is 4.99 Å². The molecule has 0 aliphatic rings. The lowest BCUT2D eigenvalue weighted by molar-refractivity contribution is -0.525. The van der Waals surface area contributed by atoms with E-state index in [4.69, 9.17) is 11.6 Å². The molecule has 0 aromatic carbocycles. The van der Waals surface area contributed by atoms with Crippen molar-refractivity contribution in [3.05, 3.63) is 20.8 Å². The Morgan fingerprint density at radius 2 is 2.53 bits per heavy atom. The van der Waals surface area contributed by atoms with Crippen LogP contribution in [0.15, 0.2) is 11.2 Å². The predicted molar refractivity (Wildman–Crippen MR) is 59.0 cm³/mol. The third-order valence-electron chi connectivity index (χ3n) is 1.52. The molecule has 0 spiro atoms. The van der Waals surface area contributed by atoms with E-state index in [1.54, 1.807) is 7.05 Å². The van der Waals surface area contributed by atoms with Gasteiger partial charge < -0.3 is 4.90 Å². The van der Waals surface area contributed by atoms with Gasteiger partial charge in [-0.15, -0.1) is 0 Å². The van der Waals surface area contributed by atoms with Crippen molar-refractivity contribution in [2.45, 2.75) is 0 Å². The molecule has 0 fully saturated rings. The average molecular weight is 250 g/mol. The smallest absolute Gasteiger partial charge is 0.261 e. The Bertz CT molecular complexity index is 393. The van der Waals surface area contributed by atoms with Crippen molar-refractivity contribution < 1.29 is 5.03 Å². The Morgan fingerprint density at radius 1 is 1.87 bits per heavy atom. The fourth-order valence-corrected chi connectivity index (χ4v) is 1.75. The van der Waals surface area contributed by atoms with Gasteiger partial charge in [0.2, 0.25) is 0 Å². The number of rotatable bonds is 2. The summed E-state index contributed by atoms with van der Waals surface area (Å²) in [5.74, 6) is 0.111. The molecule has 1 aromatic heterocycles. The Morgan fingerprint density at radius 3 is 2.93 bits per heavy atom. The molecule has 1 heterocycles. The van der Waals surface area contributed by atoms with Gasteiger partial charge in [0.05, 0.1) is 6.20 Å². The molecule has 82 valence electrons. The summed E-state index contributed by atoms with van der Waals surface area (Å²) in [5.41, 5.74) is 1.97. The van der Waals surface area contributed by atoms with Crippen molar-refractivity contribution in [1.29, 1.82) is 0 Å². The van der Waals surface area contributed by atoms with Crippen LogP contribution in [-0.2, 0) is 0 Å². The maximum Gasteiger partial charge on any atom is 0.261 e. The molecule has 7 nitrogen and oxygen atoms in total. The zero-order chi connectivity index (χ0) is 11.4. The van der Waals surface area contributed by atoms with Crippen molar-refractivity contribution >= 4 is 33.9 Å². The predicted octanol–water partition coefficient (Wildman–Crippen LogP) is 1.000. The van der Waals surface area contributed by atoms with E-state index >= 15 is 0 Å². The molecule has 9 heteroatoms. The van der Waals surface area contributed by atoms with E-state index in [-0.39, 0.29) is 5.96 Å². The van der Waals surface area contributed by atoms with Gasteiger partial charge in [-0.1, -0.05) is 28.4 Å². The van der Waals surface area contributed by atoms with Crippen molar-refractivity contribution in [1.82, 2.24) is 10.4 Å². The van der Waals surface area contributed by atoms with Gasteiger partial charge in [-0.05, 0) is 0 Å². The lowest BCUT2D eigenvalue weighted by Crippen LogP contribution is -2.41. The van der Waals surface area contributed by atoms with E-state index in [0.717, 1.165) is 0 Å². The molecule has 0 saturated heterocycles. The zero-order valence-electron chi connectivity index (χ0n) is 7.97. The first-order valence-corrected chi connectivity index (χ1v) is 4.97. The quantitative estimate of drug-likeness (QED) is 0.366. The van der Waals surface area contributed by atoms with E-state index in [0.29, 0.717) is 9.47 Å². The van der Waals surface area contributed by atoms with Crippen LogP contribution in [0.4, 0.5) is 5.00 Å². The number of aliphatic imine (C=N–C) groups is 1. The minimum Gasteiger partial charge on any atom is -0.301 e. The van der Waals surface area contributed by atoms with Crippen molar-refractivity contribution in [2.24, 2.45) is 4.99 Å². The highest BCUT2D eigenvalue weighted by atomic mass is 35.5. The normalized spacial score (nSPS) is 11.3. The third-order valence-corrected chi connectivity index (χ3v) is 2.71. The Balaban J connectivity index is 2.82. The van der Waals surface area contributed by atoms with Crippen molar-refractivity contribution in [2.75, 3.05) is 19.0 Å². The lowest BCUT2D eigenvalue weighted by Gasteiger charge is -2.14. The minimum absolute atomic E-state index is 0.111. The molecule has 0 radical (unpaired) electrons. The molecule has 0 aliphatic carbocycles. The van der Waals surface area contributed by atoms with Crippen LogP contribution < -0.4 is 10.3 Å². The number of nitrogens with one attached hydrogen (secondary N) is 1. The lowest BCUT2D eigenvalue weighted by atomic mass is 10.7. The van der Waals surface area contributed by atoms with Crippen LogP contribution in [0.3, 0.4) is 0 Å². The Labute approximate surface area is 94.5 Å². The summed E-state index contributed by atoms with van der Waals surface area (Å²) >= 11 is 6.85. The number of guanidine groups is 1. The monoisotopic (exact) mass is 249 g/mol. The highest BCUT2D eigenvalue weighted by Gasteiger charge is 2.14. The molecule has 0 aliphatic heterocycles. The summed E-state index contributed by atoms with van der Waals surface area (Å²) in [6.45, 7) is 0. The number of nitrogens with zero attached hydrogens (tertiary/aromatic N) is 4. The second kappa shape index (κ2) is 4.89. The standard InChI is InChI=1S/C6H8ClN5O2S/c1-8-6(10-12(13)14)11(2)4-3-9-5(7)15-4/h3H,1-2H3,(H,8,10). The molecular formula is C6H8ClN5O2S. The van der Waals surface area contributed by atoms with Gasteiger partial charge in [0, 0.05) is 14.1 Å². The number of anilines is 1. The second-order valence-corrected chi connectivity index (χ2v) is 4.02. The number of hydrazine groups is 1. The SMILES string of the molecule is CN=C(N[N+](=O)[O-])N(C)c1cnc(Cl)s1. The molecule has 1 aromatic rings. The van der Waals surface area contributed by atoms with Crippen molar-refractivity contribution in [3.63, 3.8) is 0 Å². The molecular weight excluding hydrogens is 242 g/mol. The van der Waals surface area contributed by atoms with Crippen LogP contribution in [-0.4, -0.2) is 30.1 Å². The average Bonchev–Trinajstić information content (AvgIpc) is 2.60. The number of thiazole rings is 1. The molecule has 0 amide bonds. The van der Waals surface area contributed by atoms with Gasteiger partial charge >= 0.3 is 0 Å². The largest absolute Gasteiger partial charge is 0.301 e. The topological polar surface area (TPSA) is 83.7 Å². The maximum absolute atomic E-state index is 10.3. The summed E-state index contributed by atoms with van der Waals surface area (Å²) in [6, 6.07) is 0. The molecule has 0 saturated carbocycles. The second-order valence-electron chi connectivity index (χ2n) is 2.43. The summed E-state index contributed by atoms with van der Waals surface area (Å²) in [7, 11) is 3.08. The first-order valence-electron chi connectivity index (χ1n) is 3.77. The number of aromatic nitrogens is 1. The molecule has 0 atom stereocenters. The van der Waals surface area contributed by atoms with E-state index < -0.39 is 5.03 Å². The third kappa shape index (κ3) is 3.03. The molecule has 1 N–H and O–H groups in total. The van der Waals surface area contributed by atoms with E-state index in [1.807, 2.05) is 5.43 Å². The Hall–Kier alpha value is -1.41. The van der Waals surface area contributed by atoms with Crippen LogP contribution >= 0.6 is 22.9 Å². The number of halogens is 1. The van der Waals surface area contributed by atoms with Crippen LogP contribution in [0.5, 0.6) is 0 Å². The van der Waals surface area contributed by atoms with E-state index in [9.17, 15) is 10.1 Å². The first kappa shape index (κ1) is 11.7. The van der Waals surface area contributed by atoms with E-state index in [2.05, 4.69) is 9.98 Å². The minimum atomic E-state index is -0.679. The molecule has 1 rings (SSSR count). The van der Waals surface area contributed by atoms with E-state index in [1.165, 1.54) is 29.5 Å². The molecule has 15 heavy (non-hydrogen) atoms. The number of hydrogen-bond acceptors (Lipinski definition) is 5. The Kier molecular flexibility index (Phi) is 3.81. The highest BCUT2D eigenvalue weighted by molar-refractivity contribution is 7.19. The van der Waals surface area contributed by atoms with Crippen molar-refractivity contribution in [3.8, 4) is 0 Å². The summed E-state index contributed by atoms with van der Waals surface area (Å²) < 4.78 is 0.369. The maximum atomic E-state index is 10.3. The number of hydrogen-bond donors (Lipinski definition) is 1. The van der Waals surface area contributed by atoms with Crippen LogP contribution in [0.1, 0.15) is 0 Å². The molecule has 0 unspecified atom stereocenters. The van der Waals surface area contributed by atoms with Crippen LogP contribution in [0.2, 0.25) is 4.47 Å². The van der Waals surface area contributed by atoms with Gasteiger partial charge in [-0.2, -0.15) is 0 Å². The zero-order valence-corrected chi connectivity index (χ0v) is 9.54. The fourth-order valence-electron chi connectivity index (χ4n) is 0.861. The van der Waals surface area contributed by atoms with Gasteiger partial charge in [0.15, 0.2) is 9.50 Å². The summed E-state index contributed by atoms with van der Waals surface area (Å²) in [4.78, 5) is 19.3. The fraction of sp³-hybridized carbons (Fsp3) is 0.333. The van der Waals surface area contributed by atoms with Gasteiger partial charge in [0.1, 0.15) is 5.00 Å². The number of nitro groups is 1.